The average Bonchev–Trinajstić information content (AvgIpc) is 3.72. The van der Waals surface area contributed by atoms with E-state index >= 15 is 0 Å². The molecule has 0 spiro atoms. The Morgan fingerprint density at radius 3 is 2.50 bits per heavy atom. The zero-order valence-electron chi connectivity index (χ0n) is 25.0. The van der Waals surface area contributed by atoms with Crippen molar-refractivity contribution in [1.29, 1.82) is 0 Å². The standard InChI is InChI=1S/C31H41N5O5S/c1-7-21-17-36(27-26(21)41-19-31(27,39-5)40-6)29(38)24(16-20(2)3)32-28(37)23-10-8-22(9-11-23)25-18-42-30(33-25)35-14-12-34(4)13-15-35/h1,8-11,18,20-21,24,26-27H,12-17,19H2,2-6H3,(H,32,37)/t21-,24+,26-,27+/m1/s1. The van der Waals surface area contributed by atoms with Crippen molar-refractivity contribution in [2.75, 3.05) is 65.5 Å². The minimum atomic E-state index is -1.12. The van der Waals surface area contributed by atoms with Gasteiger partial charge in [0.2, 0.25) is 11.7 Å². The number of hydrogen-bond acceptors (Lipinski definition) is 9. The first kappa shape index (κ1) is 30.4. The molecule has 3 saturated heterocycles. The normalized spacial score (nSPS) is 24.5. The van der Waals surface area contributed by atoms with Gasteiger partial charge in [-0.25, -0.2) is 4.98 Å². The van der Waals surface area contributed by atoms with Crippen molar-refractivity contribution in [2.45, 2.75) is 44.2 Å². The van der Waals surface area contributed by atoms with Gasteiger partial charge in [0, 0.05) is 63.5 Å². The zero-order valence-corrected chi connectivity index (χ0v) is 25.9. The lowest BCUT2D eigenvalue weighted by Gasteiger charge is -2.37. The summed E-state index contributed by atoms with van der Waals surface area (Å²) in [5.41, 5.74) is 2.31. The summed E-state index contributed by atoms with van der Waals surface area (Å²) in [6.45, 7) is 8.50. The second-order valence-corrected chi connectivity index (χ2v) is 12.6. The number of likely N-dealkylation sites (N-methyl/N-ethyl adjacent to an activating group) is 1. The number of thiazole rings is 1. The number of aromatic nitrogens is 1. The SMILES string of the molecule is C#C[C@@H]1CN(C(=O)[C@H](CC(C)C)NC(=O)c2ccc(-c3csc(N4CCN(C)CC4)n3)cc2)[C@H]2[C@@H]1OCC2(OC)OC. The molecule has 226 valence electrons. The molecule has 0 radical (unpaired) electrons. The third kappa shape index (κ3) is 5.92. The maximum Gasteiger partial charge on any atom is 0.251 e. The Balaban J connectivity index is 1.29. The van der Waals surface area contributed by atoms with Crippen molar-refractivity contribution < 1.29 is 23.8 Å². The van der Waals surface area contributed by atoms with Crippen LogP contribution < -0.4 is 10.2 Å². The monoisotopic (exact) mass is 595 g/mol. The molecule has 42 heavy (non-hydrogen) atoms. The molecule has 2 aromatic rings. The van der Waals surface area contributed by atoms with E-state index in [1.54, 1.807) is 28.4 Å². The van der Waals surface area contributed by atoms with E-state index in [1.165, 1.54) is 14.2 Å². The van der Waals surface area contributed by atoms with Crippen molar-refractivity contribution in [1.82, 2.24) is 20.1 Å². The number of carbonyl (C=O) groups excluding carboxylic acids is 2. The molecule has 10 nitrogen and oxygen atoms in total. The second kappa shape index (κ2) is 12.7. The van der Waals surface area contributed by atoms with Crippen molar-refractivity contribution in [3.05, 3.63) is 35.2 Å². The van der Waals surface area contributed by atoms with Gasteiger partial charge in [0.1, 0.15) is 18.7 Å². The van der Waals surface area contributed by atoms with E-state index in [0.29, 0.717) is 18.5 Å². The van der Waals surface area contributed by atoms with E-state index < -0.39 is 24.0 Å². The third-order valence-corrected chi connectivity index (χ3v) is 9.47. The number of ether oxygens (including phenoxy) is 3. The number of amides is 2. The predicted molar refractivity (Wildman–Crippen MR) is 162 cm³/mol. The number of methoxy groups -OCH3 is 2. The minimum Gasteiger partial charge on any atom is -0.369 e. The maximum atomic E-state index is 14.0. The van der Waals surface area contributed by atoms with Crippen molar-refractivity contribution in [2.24, 2.45) is 11.8 Å². The molecule has 2 amide bonds. The molecule has 1 aromatic carbocycles. The van der Waals surface area contributed by atoms with Crippen LogP contribution in [0.3, 0.4) is 0 Å². The maximum absolute atomic E-state index is 14.0. The minimum absolute atomic E-state index is 0.164. The van der Waals surface area contributed by atoms with Crippen LogP contribution in [-0.4, -0.2) is 111 Å². The number of nitrogens with zero attached hydrogens (tertiary/aromatic N) is 4. The van der Waals surface area contributed by atoms with Gasteiger partial charge in [-0.2, -0.15) is 0 Å². The lowest BCUT2D eigenvalue weighted by molar-refractivity contribution is -0.227. The van der Waals surface area contributed by atoms with Crippen LogP contribution in [0.4, 0.5) is 5.13 Å². The fourth-order valence-corrected chi connectivity index (χ4v) is 6.99. The summed E-state index contributed by atoms with van der Waals surface area (Å²) < 4.78 is 17.4. The first-order chi connectivity index (χ1) is 20.2. The van der Waals surface area contributed by atoms with Crippen LogP contribution in [0.2, 0.25) is 0 Å². The smallest absolute Gasteiger partial charge is 0.251 e. The number of hydrogen-bond donors (Lipinski definition) is 1. The number of terminal acetylenes is 1. The topological polar surface area (TPSA) is 96.5 Å². The second-order valence-electron chi connectivity index (χ2n) is 11.7. The van der Waals surface area contributed by atoms with Crippen molar-refractivity contribution >= 4 is 28.3 Å². The van der Waals surface area contributed by atoms with Crippen LogP contribution in [0, 0.1) is 24.2 Å². The summed E-state index contributed by atoms with van der Waals surface area (Å²) in [4.78, 5) is 38.6. The lowest BCUT2D eigenvalue weighted by atomic mass is 9.98. The predicted octanol–water partition coefficient (Wildman–Crippen LogP) is 2.55. The van der Waals surface area contributed by atoms with Crippen LogP contribution in [0.25, 0.3) is 11.3 Å². The van der Waals surface area contributed by atoms with Gasteiger partial charge in [-0.05, 0) is 31.5 Å². The highest BCUT2D eigenvalue weighted by Gasteiger charge is 2.61. The molecule has 0 aliphatic carbocycles. The fraction of sp³-hybridized carbons (Fsp3) is 0.581. The van der Waals surface area contributed by atoms with Gasteiger partial charge in [-0.1, -0.05) is 31.9 Å². The summed E-state index contributed by atoms with van der Waals surface area (Å²) in [6, 6.07) is 6.11. The highest BCUT2D eigenvalue weighted by Crippen LogP contribution is 2.41. The van der Waals surface area contributed by atoms with E-state index in [4.69, 9.17) is 25.6 Å². The molecule has 0 unspecified atom stereocenters. The van der Waals surface area contributed by atoms with Crippen LogP contribution >= 0.6 is 11.3 Å². The van der Waals surface area contributed by atoms with Crippen molar-refractivity contribution in [3.8, 4) is 23.6 Å². The summed E-state index contributed by atoms with van der Waals surface area (Å²) >= 11 is 1.64. The Morgan fingerprint density at radius 2 is 1.88 bits per heavy atom. The van der Waals surface area contributed by atoms with Gasteiger partial charge in [0.25, 0.3) is 5.91 Å². The Morgan fingerprint density at radius 1 is 1.19 bits per heavy atom. The number of nitrogens with one attached hydrogen (secondary N) is 1. The average molecular weight is 596 g/mol. The lowest BCUT2D eigenvalue weighted by Crippen LogP contribution is -2.58. The number of benzene rings is 1. The van der Waals surface area contributed by atoms with E-state index in [9.17, 15) is 9.59 Å². The summed E-state index contributed by atoms with van der Waals surface area (Å²) in [5.74, 6) is 0.989. The number of anilines is 1. The number of likely N-dealkylation sites (tertiary alicyclic amines) is 1. The number of fused-ring (bicyclic) bond motifs is 1. The van der Waals surface area contributed by atoms with Gasteiger partial charge < -0.3 is 34.2 Å². The van der Waals surface area contributed by atoms with Crippen LogP contribution in [-0.2, 0) is 19.0 Å². The molecule has 5 rings (SSSR count). The number of carbonyl (C=O) groups is 2. The molecule has 3 fully saturated rings. The molecule has 3 aliphatic heterocycles. The highest BCUT2D eigenvalue weighted by atomic mass is 32.1. The van der Waals surface area contributed by atoms with Crippen LogP contribution in [0.5, 0.6) is 0 Å². The van der Waals surface area contributed by atoms with Crippen LogP contribution in [0.1, 0.15) is 30.6 Å². The molecule has 4 atom stereocenters. The summed E-state index contributed by atoms with van der Waals surface area (Å²) in [6.07, 6.45) is 5.88. The van der Waals surface area contributed by atoms with E-state index in [0.717, 1.165) is 42.6 Å². The van der Waals surface area contributed by atoms with Gasteiger partial charge in [-0.15, -0.1) is 17.8 Å². The van der Waals surface area contributed by atoms with Gasteiger partial charge in [0.15, 0.2) is 5.13 Å². The van der Waals surface area contributed by atoms with E-state index in [1.807, 2.05) is 26.0 Å². The zero-order chi connectivity index (χ0) is 30.0. The Bertz CT molecular complexity index is 1300. The molecule has 0 saturated carbocycles. The number of piperazine rings is 1. The summed E-state index contributed by atoms with van der Waals surface area (Å²) in [7, 11) is 5.21. The Hall–Kier alpha value is -3.01. The van der Waals surface area contributed by atoms with Crippen molar-refractivity contribution in [3.63, 3.8) is 0 Å². The molecule has 3 aliphatic rings. The first-order valence-corrected chi connectivity index (χ1v) is 15.4. The van der Waals surface area contributed by atoms with Gasteiger partial charge >= 0.3 is 0 Å². The quantitative estimate of drug-likeness (QED) is 0.349. The largest absolute Gasteiger partial charge is 0.369 e. The van der Waals surface area contributed by atoms with Gasteiger partial charge in [0.05, 0.1) is 17.7 Å². The number of rotatable bonds is 9. The third-order valence-electron chi connectivity index (χ3n) is 8.57. The first-order valence-electron chi connectivity index (χ1n) is 14.5. The molecular weight excluding hydrogens is 554 g/mol. The van der Waals surface area contributed by atoms with Crippen LogP contribution in [0.15, 0.2) is 29.6 Å². The molecule has 1 N–H and O–H groups in total. The molecule has 1 aromatic heterocycles. The Labute approximate surface area is 252 Å². The molecular formula is C31H41N5O5S. The van der Waals surface area contributed by atoms with Gasteiger partial charge in [-0.3, -0.25) is 9.59 Å². The molecule has 0 bridgehead atoms. The summed E-state index contributed by atoms with van der Waals surface area (Å²) in [5, 5.41) is 6.07. The van der Waals surface area contributed by atoms with E-state index in [-0.39, 0.29) is 30.3 Å². The fourth-order valence-electron chi connectivity index (χ4n) is 6.10. The highest BCUT2D eigenvalue weighted by molar-refractivity contribution is 7.14. The van der Waals surface area contributed by atoms with E-state index in [2.05, 4.69) is 33.5 Å². The molecule has 4 heterocycles. The Kier molecular flexibility index (Phi) is 9.20. The molecule has 11 heteroatoms.